The van der Waals surface area contributed by atoms with Gasteiger partial charge in [-0.25, -0.2) is 8.42 Å². The van der Waals surface area contributed by atoms with Crippen LogP contribution in [0.2, 0.25) is 0 Å². The molecule has 0 amide bonds. The van der Waals surface area contributed by atoms with E-state index in [0.717, 1.165) is 0 Å². The quantitative estimate of drug-likeness (QED) is 0.637. The third-order valence-electron chi connectivity index (χ3n) is 2.19. The van der Waals surface area contributed by atoms with Crippen LogP contribution in [0, 0.1) is 5.41 Å². The van der Waals surface area contributed by atoms with Gasteiger partial charge in [0.25, 0.3) is 0 Å². The Morgan fingerprint density at radius 2 is 2.18 bits per heavy atom. The average Bonchev–Trinajstić information content (AvgIpc) is 2.28. The standard InChI is InChI=1S/C6H12FNO2S/c7-3-6(4-8)1-2-11(9,10)5-6/h1-5,8H2. The van der Waals surface area contributed by atoms with E-state index in [1.165, 1.54) is 0 Å². The molecule has 1 unspecified atom stereocenters. The van der Waals surface area contributed by atoms with Crippen molar-refractivity contribution in [3.63, 3.8) is 0 Å². The molecule has 0 saturated carbocycles. The van der Waals surface area contributed by atoms with Crippen molar-refractivity contribution in [3.05, 3.63) is 0 Å². The number of nitrogens with two attached hydrogens (primary N) is 1. The van der Waals surface area contributed by atoms with Crippen LogP contribution in [-0.4, -0.2) is 33.1 Å². The van der Waals surface area contributed by atoms with Crippen molar-refractivity contribution in [2.24, 2.45) is 11.1 Å². The number of alkyl halides is 1. The molecule has 2 N–H and O–H groups in total. The third-order valence-corrected chi connectivity index (χ3v) is 4.06. The zero-order valence-electron chi connectivity index (χ0n) is 6.22. The van der Waals surface area contributed by atoms with Gasteiger partial charge in [0.15, 0.2) is 9.84 Å². The molecule has 0 bridgehead atoms. The second-order valence-electron chi connectivity index (χ2n) is 3.18. The molecule has 1 heterocycles. The lowest BCUT2D eigenvalue weighted by Crippen LogP contribution is -2.33. The van der Waals surface area contributed by atoms with Crippen LogP contribution < -0.4 is 5.73 Å². The van der Waals surface area contributed by atoms with Crippen molar-refractivity contribution in [2.45, 2.75) is 6.42 Å². The smallest absolute Gasteiger partial charge is 0.151 e. The van der Waals surface area contributed by atoms with Crippen molar-refractivity contribution < 1.29 is 12.8 Å². The Hall–Kier alpha value is -0.160. The summed E-state index contributed by atoms with van der Waals surface area (Å²) in [4.78, 5) is 0. The van der Waals surface area contributed by atoms with E-state index in [1.807, 2.05) is 0 Å². The highest BCUT2D eigenvalue weighted by atomic mass is 32.2. The molecule has 3 nitrogen and oxygen atoms in total. The summed E-state index contributed by atoms with van der Waals surface area (Å²) in [7, 11) is -3.00. The van der Waals surface area contributed by atoms with E-state index in [0.29, 0.717) is 6.42 Å². The van der Waals surface area contributed by atoms with Crippen LogP contribution in [0.5, 0.6) is 0 Å². The summed E-state index contributed by atoms with van der Waals surface area (Å²) in [6.45, 7) is -0.495. The topological polar surface area (TPSA) is 60.2 Å². The number of hydrogen-bond acceptors (Lipinski definition) is 3. The Bertz CT molecular complexity index is 233. The van der Waals surface area contributed by atoms with Gasteiger partial charge in [0.1, 0.15) is 0 Å². The summed E-state index contributed by atoms with van der Waals surface area (Å²) in [6, 6.07) is 0. The molecule has 0 radical (unpaired) electrons. The summed E-state index contributed by atoms with van der Waals surface area (Å²) in [5, 5.41) is 0. The van der Waals surface area contributed by atoms with Crippen molar-refractivity contribution in [1.82, 2.24) is 0 Å². The second kappa shape index (κ2) is 2.71. The first kappa shape index (κ1) is 8.93. The molecule has 1 atom stereocenters. The second-order valence-corrected chi connectivity index (χ2v) is 5.36. The summed E-state index contributed by atoms with van der Waals surface area (Å²) >= 11 is 0. The Morgan fingerprint density at radius 3 is 2.36 bits per heavy atom. The maximum Gasteiger partial charge on any atom is 0.151 e. The molecule has 1 aliphatic rings. The average molecular weight is 181 g/mol. The van der Waals surface area contributed by atoms with Gasteiger partial charge in [-0.05, 0) is 6.42 Å². The first-order valence-electron chi connectivity index (χ1n) is 3.50. The minimum absolute atomic E-state index is 0.0764. The largest absolute Gasteiger partial charge is 0.330 e. The molecule has 5 heteroatoms. The molecular formula is C6H12FNO2S. The Kier molecular flexibility index (Phi) is 2.20. The van der Waals surface area contributed by atoms with Gasteiger partial charge < -0.3 is 5.73 Å². The summed E-state index contributed by atoms with van der Waals surface area (Å²) < 4.78 is 34.2. The van der Waals surface area contributed by atoms with Crippen LogP contribution >= 0.6 is 0 Å². The molecule has 0 aromatic rings. The normalized spacial score (nSPS) is 35.8. The molecule has 1 fully saturated rings. The lowest BCUT2D eigenvalue weighted by Gasteiger charge is -2.20. The van der Waals surface area contributed by atoms with Crippen LogP contribution in [0.15, 0.2) is 0 Å². The summed E-state index contributed by atoms with van der Waals surface area (Å²) in [5.41, 5.74) is 4.53. The maximum absolute atomic E-state index is 12.4. The lowest BCUT2D eigenvalue weighted by molar-refractivity contribution is 0.248. The van der Waals surface area contributed by atoms with Crippen molar-refractivity contribution in [2.75, 3.05) is 24.7 Å². The fourth-order valence-corrected chi connectivity index (χ4v) is 3.46. The van der Waals surface area contributed by atoms with E-state index in [4.69, 9.17) is 5.73 Å². The van der Waals surface area contributed by atoms with E-state index in [2.05, 4.69) is 0 Å². The summed E-state index contributed by atoms with van der Waals surface area (Å²) in [5.74, 6) is 0.0150. The molecule has 1 saturated heterocycles. The van der Waals surface area contributed by atoms with Gasteiger partial charge in [0.05, 0.1) is 18.2 Å². The fourth-order valence-electron chi connectivity index (χ4n) is 1.30. The summed E-state index contributed by atoms with van der Waals surface area (Å²) in [6.07, 6.45) is 0.377. The van der Waals surface area contributed by atoms with Gasteiger partial charge in [-0.2, -0.15) is 0 Å². The SMILES string of the molecule is NCC1(CF)CCS(=O)(=O)C1. The predicted octanol–water partition coefficient (Wildman–Crippen LogP) is -0.280. The number of sulfone groups is 1. The van der Waals surface area contributed by atoms with Gasteiger partial charge in [-0.15, -0.1) is 0 Å². The van der Waals surface area contributed by atoms with E-state index >= 15 is 0 Å². The van der Waals surface area contributed by atoms with Crippen LogP contribution in [0.4, 0.5) is 4.39 Å². The zero-order chi connectivity index (χ0) is 8.54. The fraction of sp³-hybridized carbons (Fsp3) is 1.00. The molecular weight excluding hydrogens is 169 g/mol. The minimum atomic E-state index is -3.00. The van der Waals surface area contributed by atoms with Crippen LogP contribution in [0.25, 0.3) is 0 Å². The van der Waals surface area contributed by atoms with Crippen molar-refractivity contribution in [3.8, 4) is 0 Å². The highest BCUT2D eigenvalue weighted by Gasteiger charge is 2.41. The molecule has 1 rings (SSSR count). The Labute approximate surface area is 65.7 Å². The number of hydrogen-bond donors (Lipinski definition) is 1. The Morgan fingerprint density at radius 1 is 1.55 bits per heavy atom. The molecule has 66 valence electrons. The highest BCUT2D eigenvalue weighted by Crippen LogP contribution is 2.31. The van der Waals surface area contributed by atoms with E-state index < -0.39 is 21.9 Å². The first-order chi connectivity index (χ1) is 5.04. The van der Waals surface area contributed by atoms with Crippen LogP contribution in [0.1, 0.15) is 6.42 Å². The van der Waals surface area contributed by atoms with E-state index in [9.17, 15) is 12.8 Å². The third kappa shape index (κ3) is 1.70. The number of rotatable bonds is 2. The van der Waals surface area contributed by atoms with Gasteiger partial charge in [-0.1, -0.05) is 0 Å². The zero-order valence-corrected chi connectivity index (χ0v) is 7.03. The van der Waals surface area contributed by atoms with E-state index in [-0.39, 0.29) is 18.1 Å². The molecule has 11 heavy (non-hydrogen) atoms. The minimum Gasteiger partial charge on any atom is -0.330 e. The first-order valence-corrected chi connectivity index (χ1v) is 5.32. The lowest BCUT2D eigenvalue weighted by atomic mass is 9.90. The molecule has 0 aromatic heterocycles. The highest BCUT2D eigenvalue weighted by molar-refractivity contribution is 7.91. The predicted molar refractivity (Wildman–Crippen MR) is 40.7 cm³/mol. The van der Waals surface area contributed by atoms with Crippen LogP contribution in [-0.2, 0) is 9.84 Å². The van der Waals surface area contributed by atoms with Crippen LogP contribution in [0.3, 0.4) is 0 Å². The van der Waals surface area contributed by atoms with Gasteiger partial charge in [0.2, 0.25) is 0 Å². The molecule has 1 aliphatic heterocycles. The van der Waals surface area contributed by atoms with Crippen molar-refractivity contribution in [1.29, 1.82) is 0 Å². The van der Waals surface area contributed by atoms with Crippen molar-refractivity contribution >= 4 is 9.84 Å². The molecule has 0 aromatic carbocycles. The van der Waals surface area contributed by atoms with Gasteiger partial charge in [-0.3, -0.25) is 4.39 Å². The number of halogens is 1. The van der Waals surface area contributed by atoms with Gasteiger partial charge >= 0.3 is 0 Å². The Balaban J connectivity index is 2.78. The molecule has 0 spiro atoms. The monoisotopic (exact) mass is 181 g/mol. The maximum atomic E-state index is 12.4. The van der Waals surface area contributed by atoms with Gasteiger partial charge in [0, 0.05) is 12.0 Å². The molecule has 0 aliphatic carbocycles. The van der Waals surface area contributed by atoms with E-state index in [1.54, 1.807) is 0 Å².